The second-order valence-corrected chi connectivity index (χ2v) is 7.30. The Hall–Kier alpha value is -2.22. The molecule has 2 amide bonds. The van der Waals surface area contributed by atoms with E-state index in [-0.39, 0.29) is 24.2 Å². The van der Waals surface area contributed by atoms with E-state index in [2.05, 4.69) is 36.0 Å². The van der Waals surface area contributed by atoms with E-state index in [9.17, 15) is 9.59 Å². The van der Waals surface area contributed by atoms with Crippen LogP contribution in [0.1, 0.15) is 24.5 Å². The summed E-state index contributed by atoms with van der Waals surface area (Å²) in [7, 11) is 0. The zero-order valence-corrected chi connectivity index (χ0v) is 15.2. The molecular formula is C17H18BrN5O2. The van der Waals surface area contributed by atoms with Crippen LogP contribution in [0.15, 0.2) is 28.7 Å². The number of aromatic nitrogens is 3. The molecule has 25 heavy (non-hydrogen) atoms. The normalized spacial score (nSPS) is 19.3. The summed E-state index contributed by atoms with van der Waals surface area (Å²) in [5.74, 6) is 1.31. The molecule has 1 fully saturated rings. The lowest BCUT2D eigenvalue weighted by atomic mass is 10.1. The summed E-state index contributed by atoms with van der Waals surface area (Å²) < 4.78 is 3.02. The lowest BCUT2D eigenvalue weighted by Gasteiger charge is -2.16. The number of anilines is 1. The van der Waals surface area contributed by atoms with Crippen molar-refractivity contribution in [1.29, 1.82) is 0 Å². The summed E-state index contributed by atoms with van der Waals surface area (Å²) in [4.78, 5) is 26.4. The van der Waals surface area contributed by atoms with Gasteiger partial charge in [-0.15, -0.1) is 10.2 Å². The molecule has 4 rings (SSSR count). The van der Waals surface area contributed by atoms with Gasteiger partial charge < -0.3 is 14.8 Å². The molecule has 7 nitrogen and oxygen atoms in total. The summed E-state index contributed by atoms with van der Waals surface area (Å²) >= 11 is 3.38. The number of halogens is 1. The Labute approximate surface area is 153 Å². The highest BCUT2D eigenvalue weighted by Gasteiger charge is 2.35. The number of rotatable bonds is 4. The lowest BCUT2D eigenvalue weighted by molar-refractivity contribution is -0.126. The van der Waals surface area contributed by atoms with Crippen LogP contribution in [0.4, 0.5) is 5.69 Å². The van der Waals surface area contributed by atoms with Gasteiger partial charge in [0, 0.05) is 36.1 Å². The van der Waals surface area contributed by atoms with Crippen molar-refractivity contribution in [1.82, 2.24) is 20.1 Å². The number of nitrogens with zero attached hydrogens (tertiary/aromatic N) is 4. The van der Waals surface area contributed by atoms with E-state index in [1.165, 1.54) is 0 Å². The Kier molecular flexibility index (Phi) is 4.29. The Bertz CT molecular complexity index is 817. The molecule has 1 aromatic heterocycles. The molecule has 2 aromatic rings. The van der Waals surface area contributed by atoms with Crippen LogP contribution in [0.2, 0.25) is 0 Å². The van der Waals surface area contributed by atoms with Gasteiger partial charge in [-0.3, -0.25) is 9.59 Å². The van der Waals surface area contributed by atoms with Crippen LogP contribution in [0, 0.1) is 5.92 Å². The van der Waals surface area contributed by atoms with Gasteiger partial charge in [-0.25, -0.2) is 0 Å². The van der Waals surface area contributed by atoms with E-state index in [1.54, 1.807) is 4.90 Å². The highest BCUT2D eigenvalue weighted by Crippen LogP contribution is 2.26. The largest absolute Gasteiger partial charge is 0.348 e. The molecule has 0 saturated carbocycles. The Morgan fingerprint density at radius 2 is 2.08 bits per heavy atom. The summed E-state index contributed by atoms with van der Waals surface area (Å²) in [6, 6.07) is 7.54. The van der Waals surface area contributed by atoms with E-state index in [4.69, 9.17) is 0 Å². The van der Waals surface area contributed by atoms with Gasteiger partial charge in [-0.05, 0) is 30.7 Å². The van der Waals surface area contributed by atoms with Crippen molar-refractivity contribution in [3.63, 3.8) is 0 Å². The van der Waals surface area contributed by atoms with E-state index in [0.717, 1.165) is 41.2 Å². The first-order chi connectivity index (χ1) is 12.1. The fourth-order valence-electron chi connectivity index (χ4n) is 3.41. The van der Waals surface area contributed by atoms with E-state index < -0.39 is 0 Å². The maximum Gasteiger partial charge on any atom is 0.227 e. The highest BCUT2D eigenvalue weighted by molar-refractivity contribution is 9.10. The number of benzene rings is 1. The second kappa shape index (κ2) is 6.59. The number of amides is 2. The van der Waals surface area contributed by atoms with Crippen molar-refractivity contribution >= 4 is 33.4 Å². The summed E-state index contributed by atoms with van der Waals surface area (Å²) in [6.45, 7) is 1.67. The van der Waals surface area contributed by atoms with Crippen molar-refractivity contribution in [2.45, 2.75) is 32.4 Å². The van der Waals surface area contributed by atoms with Crippen molar-refractivity contribution in [3.05, 3.63) is 40.4 Å². The van der Waals surface area contributed by atoms with E-state index in [0.29, 0.717) is 13.1 Å². The van der Waals surface area contributed by atoms with Gasteiger partial charge in [0.15, 0.2) is 5.82 Å². The van der Waals surface area contributed by atoms with Crippen LogP contribution in [0.3, 0.4) is 0 Å². The first-order valence-corrected chi connectivity index (χ1v) is 9.16. The molecule has 0 radical (unpaired) electrons. The van der Waals surface area contributed by atoms with Gasteiger partial charge in [-0.2, -0.15) is 0 Å². The van der Waals surface area contributed by atoms with Gasteiger partial charge in [0.05, 0.1) is 12.5 Å². The SMILES string of the molecule is O=C(NCc1nnc2n1CCC2)C1CC(=O)N(c2ccc(Br)cc2)C1. The average molecular weight is 404 g/mol. The van der Waals surface area contributed by atoms with Crippen molar-refractivity contribution in [3.8, 4) is 0 Å². The fourth-order valence-corrected chi connectivity index (χ4v) is 3.67. The minimum atomic E-state index is -0.336. The molecule has 1 atom stereocenters. The van der Waals surface area contributed by atoms with Crippen molar-refractivity contribution in [2.75, 3.05) is 11.4 Å². The molecule has 1 aromatic carbocycles. The maximum atomic E-state index is 12.5. The Morgan fingerprint density at radius 1 is 1.28 bits per heavy atom. The topological polar surface area (TPSA) is 80.1 Å². The third-order valence-corrected chi connectivity index (χ3v) is 5.27. The number of fused-ring (bicyclic) bond motifs is 1. The minimum Gasteiger partial charge on any atom is -0.348 e. The maximum absolute atomic E-state index is 12.5. The zero-order chi connectivity index (χ0) is 17.4. The van der Waals surface area contributed by atoms with Crippen LogP contribution in [0.25, 0.3) is 0 Å². The lowest BCUT2D eigenvalue weighted by Crippen LogP contribution is -2.33. The molecule has 130 valence electrons. The summed E-state index contributed by atoms with van der Waals surface area (Å²) in [5.41, 5.74) is 0.818. The number of carbonyl (C=O) groups is 2. The predicted molar refractivity (Wildman–Crippen MR) is 94.8 cm³/mol. The summed E-state index contributed by atoms with van der Waals surface area (Å²) in [6.07, 6.45) is 2.26. The molecule has 3 heterocycles. The molecule has 0 aliphatic carbocycles. The van der Waals surface area contributed by atoms with Crippen LogP contribution in [-0.4, -0.2) is 33.1 Å². The van der Waals surface area contributed by atoms with Gasteiger partial charge in [-0.1, -0.05) is 15.9 Å². The van der Waals surface area contributed by atoms with Gasteiger partial charge in [0.2, 0.25) is 11.8 Å². The molecule has 2 aliphatic heterocycles. The molecule has 1 N–H and O–H groups in total. The molecule has 8 heteroatoms. The Morgan fingerprint density at radius 3 is 2.88 bits per heavy atom. The standard InChI is InChI=1S/C17H18BrN5O2/c18-12-3-5-13(6-4-12)23-10-11(8-16(23)24)17(25)19-9-15-21-20-14-2-1-7-22(14)15/h3-6,11H,1-2,7-10H2,(H,19,25). The first kappa shape index (κ1) is 16.3. The van der Waals surface area contributed by atoms with Crippen LogP contribution in [0.5, 0.6) is 0 Å². The van der Waals surface area contributed by atoms with Crippen LogP contribution in [-0.2, 0) is 29.1 Å². The quantitative estimate of drug-likeness (QED) is 0.841. The van der Waals surface area contributed by atoms with Crippen LogP contribution >= 0.6 is 15.9 Å². The molecule has 0 spiro atoms. The predicted octanol–water partition coefficient (Wildman–Crippen LogP) is 1.66. The monoisotopic (exact) mass is 403 g/mol. The minimum absolute atomic E-state index is 0.0224. The van der Waals surface area contributed by atoms with Gasteiger partial charge >= 0.3 is 0 Å². The van der Waals surface area contributed by atoms with Crippen molar-refractivity contribution in [2.24, 2.45) is 5.92 Å². The summed E-state index contributed by atoms with van der Waals surface area (Å²) in [5, 5.41) is 11.2. The third-order valence-electron chi connectivity index (χ3n) is 4.74. The van der Waals surface area contributed by atoms with Crippen LogP contribution < -0.4 is 10.2 Å². The number of carbonyl (C=O) groups excluding carboxylic acids is 2. The van der Waals surface area contributed by atoms with Gasteiger partial charge in [0.1, 0.15) is 5.82 Å². The van der Waals surface area contributed by atoms with E-state index >= 15 is 0 Å². The molecule has 1 unspecified atom stereocenters. The molecule has 0 bridgehead atoms. The molecular weight excluding hydrogens is 386 g/mol. The number of nitrogens with one attached hydrogen (secondary N) is 1. The second-order valence-electron chi connectivity index (χ2n) is 6.39. The average Bonchev–Trinajstić information content (AvgIpc) is 3.29. The van der Waals surface area contributed by atoms with Gasteiger partial charge in [0.25, 0.3) is 0 Å². The van der Waals surface area contributed by atoms with Crippen molar-refractivity contribution < 1.29 is 9.59 Å². The first-order valence-electron chi connectivity index (χ1n) is 8.36. The number of hydrogen-bond donors (Lipinski definition) is 1. The Balaban J connectivity index is 1.38. The molecule has 2 aliphatic rings. The zero-order valence-electron chi connectivity index (χ0n) is 13.6. The fraction of sp³-hybridized carbons (Fsp3) is 0.412. The third kappa shape index (κ3) is 3.18. The smallest absolute Gasteiger partial charge is 0.227 e. The van der Waals surface area contributed by atoms with E-state index in [1.807, 2.05) is 24.3 Å². The highest BCUT2D eigenvalue weighted by atomic mass is 79.9. The molecule has 1 saturated heterocycles. The number of aryl methyl sites for hydroxylation is 1. The number of hydrogen-bond acceptors (Lipinski definition) is 4.